The van der Waals surface area contributed by atoms with Gasteiger partial charge in [-0.15, -0.1) is 0 Å². The maximum atomic E-state index is 12.1. The smallest absolute Gasteiger partial charge is 0.229 e. The summed E-state index contributed by atoms with van der Waals surface area (Å²) in [4.78, 5) is 25.5. The lowest BCUT2D eigenvalue weighted by Crippen LogP contribution is -2.36. The zero-order valence-corrected chi connectivity index (χ0v) is 12.4. The molecule has 108 valence electrons. The van der Waals surface area contributed by atoms with E-state index in [1.54, 1.807) is 4.90 Å². The summed E-state index contributed by atoms with van der Waals surface area (Å²) >= 11 is 0. The summed E-state index contributed by atoms with van der Waals surface area (Å²) in [6.45, 7) is 6.64. The van der Waals surface area contributed by atoms with Gasteiger partial charge in [0.15, 0.2) is 0 Å². The monoisotopic (exact) mass is 274 g/mol. The van der Waals surface area contributed by atoms with Crippen LogP contribution in [0, 0.1) is 13.8 Å². The molecular formula is C16H22N2O2. The van der Waals surface area contributed by atoms with Crippen LogP contribution in [0.15, 0.2) is 18.2 Å². The van der Waals surface area contributed by atoms with Crippen molar-refractivity contribution in [1.82, 2.24) is 5.32 Å². The van der Waals surface area contributed by atoms with Gasteiger partial charge in [-0.1, -0.05) is 13.0 Å². The Morgan fingerprint density at radius 1 is 1.35 bits per heavy atom. The van der Waals surface area contributed by atoms with Crippen LogP contribution in [0.5, 0.6) is 0 Å². The van der Waals surface area contributed by atoms with Gasteiger partial charge in [0, 0.05) is 25.1 Å². The van der Waals surface area contributed by atoms with E-state index in [0.29, 0.717) is 19.4 Å². The Hall–Kier alpha value is -1.84. The molecule has 1 N–H and O–H groups in total. The van der Waals surface area contributed by atoms with Crippen molar-refractivity contribution < 1.29 is 9.59 Å². The lowest BCUT2D eigenvalue weighted by atomic mass is 10.1. The molecule has 1 aliphatic heterocycles. The molecule has 4 nitrogen and oxygen atoms in total. The van der Waals surface area contributed by atoms with E-state index in [2.05, 4.69) is 12.2 Å². The lowest BCUT2D eigenvalue weighted by molar-refractivity contribution is -0.121. The third-order valence-electron chi connectivity index (χ3n) is 3.77. The fraction of sp³-hybridized carbons (Fsp3) is 0.500. The van der Waals surface area contributed by atoms with Gasteiger partial charge < -0.3 is 10.2 Å². The molecule has 1 aromatic carbocycles. The van der Waals surface area contributed by atoms with Gasteiger partial charge in [-0.3, -0.25) is 9.59 Å². The molecule has 1 saturated heterocycles. The van der Waals surface area contributed by atoms with Gasteiger partial charge in [0.1, 0.15) is 0 Å². The highest BCUT2D eigenvalue weighted by Crippen LogP contribution is 2.24. The van der Waals surface area contributed by atoms with Crippen molar-refractivity contribution in [2.24, 2.45) is 0 Å². The van der Waals surface area contributed by atoms with Gasteiger partial charge in [0.05, 0.1) is 6.04 Å². The average molecular weight is 274 g/mol. The first-order valence-electron chi connectivity index (χ1n) is 7.18. The molecule has 0 bridgehead atoms. The minimum absolute atomic E-state index is 0.0345. The van der Waals surface area contributed by atoms with E-state index in [1.165, 1.54) is 11.1 Å². The number of carbonyl (C=O) groups is 2. The van der Waals surface area contributed by atoms with E-state index in [1.807, 2.05) is 32.0 Å². The van der Waals surface area contributed by atoms with E-state index in [9.17, 15) is 9.59 Å². The highest BCUT2D eigenvalue weighted by atomic mass is 16.2. The topological polar surface area (TPSA) is 49.4 Å². The van der Waals surface area contributed by atoms with E-state index in [0.717, 1.165) is 12.1 Å². The first-order chi connectivity index (χ1) is 9.51. The molecule has 1 aromatic rings. The van der Waals surface area contributed by atoms with Crippen molar-refractivity contribution in [2.45, 2.75) is 46.1 Å². The quantitative estimate of drug-likeness (QED) is 0.916. The van der Waals surface area contributed by atoms with Gasteiger partial charge in [-0.2, -0.15) is 0 Å². The minimum atomic E-state index is -0.0665. The van der Waals surface area contributed by atoms with Gasteiger partial charge >= 0.3 is 0 Å². The molecule has 0 aliphatic carbocycles. The number of hydrogen-bond acceptors (Lipinski definition) is 2. The highest BCUT2D eigenvalue weighted by Gasteiger charge is 2.31. The normalized spacial score (nSPS) is 18.4. The van der Waals surface area contributed by atoms with Crippen LogP contribution in [0.4, 0.5) is 5.69 Å². The molecule has 1 atom stereocenters. The molecule has 1 fully saturated rings. The van der Waals surface area contributed by atoms with Gasteiger partial charge in [-0.25, -0.2) is 0 Å². The number of rotatable bonds is 4. The predicted molar refractivity (Wildman–Crippen MR) is 79.7 cm³/mol. The summed E-state index contributed by atoms with van der Waals surface area (Å²) in [6, 6.07) is 5.96. The third-order valence-corrected chi connectivity index (χ3v) is 3.77. The Morgan fingerprint density at radius 2 is 2.10 bits per heavy atom. The summed E-state index contributed by atoms with van der Waals surface area (Å²) in [5.41, 5.74) is 3.31. The van der Waals surface area contributed by atoms with Crippen LogP contribution < -0.4 is 10.2 Å². The van der Waals surface area contributed by atoms with Crippen molar-refractivity contribution in [2.75, 3.05) is 11.4 Å². The van der Waals surface area contributed by atoms with Crippen molar-refractivity contribution >= 4 is 17.5 Å². The Kier molecular flexibility index (Phi) is 4.42. The second-order valence-electron chi connectivity index (χ2n) is 5.49. The van der Waals surface area contributed by atoms with Crippen molar-refractivity contribution in [1.29, 1.82) is 0 Å². The lowest BCUT2D eigenvalue weighted by Gasteiger charge is -2.18. The van der Waals surface area contributed by atoms with Crippen LogP contribution in [-0.4, -0.2) is 24.4 Å². The average Bonchev–Trinajstić information content (AvgIpc) is 2.74. The number of nitrogens with one attached hydrogen (secondary N) is 1. The van der Waals surface area contributed by atoms with Crippen molar-refractivity contribution in [3.05, 3.63) is 29.3 Å². The fourth-order valence-corrected chi connectivity index (χ4v) is 2.47. The fourth-order valence-electron chi connectivity index (χ4n) is 2.47. The Balaban J connectivity index is 2.05. The number of aryl methyl sites for hydroxylation is 2. The molecular weight excluding hydrogens is 252 g/mol. The Morgan fingerprint density at radius 3 is 2.75 bits per heavy atom. The van der Waals surface area contributed by atoms with Gasteiger partial charge in [0.2, 0.25) is 11.8 Å². The summed E-state index contributed by atoms with van der Waals surface area (Å²) < 4.78 is 0. The number of carbonyl (C=O) groups excluding carboxylic acids is 2. The maximum Gasteiger partial charge on any atom is 0.229 e. The summed E-state index contributed by atoms with van der Waals surface area (Å²) in [5, 5.41) is 2.93. The van der Waals surface area contributed by atoms with Crippen LogP contribution >= 0.6 is 0 Å². The second kappa shape index (κ2) is 6.07. The van der Waals surface area contributed by atoms with E-state index >= 15 is 0 Å². The summed E-state index contributed by atoms with van der Waals surface area (Å²) in [5.74, 6) is 0.113. The van der Waals surface area contributed by atoms with Crippen LogP contribution in [0.25, 0.3) is 0 Å². The van der Waals surface area contributed by atoms with Crippen LogP contribution in [0.3, 0.4) is 0 Å². The van der Waals surface area contributed by atoms with Crippen molar-refractivity contribution in [3.63, 3.8) is 0 Å². The zero-order valence-electron chi connectivity index (χ0n) is 12.4. The number of benzene rings is 1. The molecule has 1 heterocycles. The standard InChI is InChI=1S/C16H22N2O2/c1-4-5-15(19)17-13-9-16(20)18(10-13)14-7-6-11(2)12(3)8-14/h6-8,13H,4-5,9-10H2,1-3H3,(H,17,19)/t13-/m0/s1. The molecule has 4 heteroatoms. The predicted octanol–water partition coefficient (Wildman–Crippen LogP) is 2.33. The second-order valence-corrected chi connectivity index (χ2v) is 5.49. The summed E-state index contributed by atoms with van der Waals surface area (Å²) in [7, 11) is 0. The minimum Gasteiger partial charge on any atom is -0.351 e. The number of amides is 2. The van der Waals surface area contributed by atoms with E-state index in [4.69, 9.17) is 0 Å². The number of nitrogens with zero attached hydrogens (tertiary/aromatic N) is 1. The molecule has 0 aromatic heterocycles. The molecule has 0 spiro atoms. The first kappa shape index (κ1) is 14.6. The molecule has 20 heavy (non-hydrogen) atoms. The van der Waals surface area contributed by atoms with E-state index in [-0.39, 0.29) is 17.9 Å². The van der Waals surface area contributed by atoms with Gasteiger partial charge in [-0.05, 0) is 43.5 Å². The molecule has 2 amide bonds. The molecule has 0 saturated carbocycles. The van der Waals surface area contributed by atoms with Crippen molar-refractivity contribution in [3.8, 4) is 0 Å². The van der Waals surface area contributed by atoms with Crippen LogP contribution in [-0.2, 0) is 9.59 Å². The number of anilines is 1. The Labute approximate surface area is 120 Å². The van der Waals surface area contributed by atoms with Crippen LogP contribution in [0.2, 0.25) is 0 Å². The third kappa shape index (κ3) is 3.18. The molecule has 2 rings (SSSR count). The summed E-state index contributed by atoms with van der Waals surface area (Å²) in [6.07, 6.45) is 1.74. The largest absolute Gasteiger partial charge is 0.351 e. The van der Waals surface area contributed by atoms with Gasteiger partial charge in [0.25, 0.3) is 0 Å². The maximum absolute atomic E-state index is 12.1. The highest BCUT2D eigenvalue weighted by molar-refractivity contribution is 5.97. The number of hydrogen-bond donors (Lipinski definition) is 1. The molecule has 1 aliphatic rings. The Bertz CT molecular complexity index is 525. The molecule has 0 radical (unpaired) electrons. The zero-order chi connectivity index (χ0) is 14.7. The van der Waals surface area contributed by atoms with Crippen LogP contribution in [0.1, 0.15) is 37.3 Å². The first-order valence-corrected chi connectivity index (χ1v) is 7.18. The SMILES string of the molecule is CCCC(=O)N[C@H]1CC(=O)N(c2ccc(C)c(C)c2)C1. The van der Waals surface area contributed by atoms with E-state index < -0.39 is 0 Å². The molecule has 0 unspecified atom stereocenters.